The Labute approximate surface area is 171 Å². The number of rotatable bonds is 7. The second kappa shape index (κ2) is 8.08. The molecule has 5 nitrogen and oxygen atoms in total. The molecule has 0 spiro atoms. The van der Waals surface area contributed by atoms with Gasteiger partial charge in [0.15, 0.2) is 5.65 Å². The largest absolute Gasteiger partial charge is 0.330 e. The highest BCUT2D eigenvalue weighted by atomic mass is 32.1. The quantitative estimate of drug-likeness (QED) is 0.415. The Kier molecular flexibility index (Phi) is 5.36. The first-order chi connectivity index (χ1) is 13.7. The van der Waals surface area contributed by atoms with Crippen molar-refractivity contribution >= 4 is 39.6 Å². The molecule has 4 rings (SSSR count). The van der Waals surface area contributed by atoms with Crippen molar-refractivity contribution in [2.24, 2.45) is 0 Å². The van der Waals surface area contributed by atoms with E-state index in [9.17, 15) is 4.79 Å². The van der Waals surface area contributed by atoms with E-state index in [1.165, 1.54) is 4.88 Å². The Balaban J connectivity index is 1.71. The molecule has 0 radical (unpaired) electrons. The highest BCUT2D eigenvalue weighted by molar-refractivity contribution is 7.10. The molecule has 4 aromatic rings. The van der Waals surface area contributed by atoms with E-state index in [0.717, 1.165) is 21.6 Å². The van der Waals surface area contributed by atoms with Crippen molar-refractivity contribution in [3.05, 3.63) is 81.0 Å². The summed E-state index contributed by atoms with van der Waals surface area (Å²) in [5.74, 6) is -0.0283. The van der Waals surface area contributed by atoms with Crippen LogP contribution in [0.3, 0.4) is 0 Å². The van der Waals surface area contributed by atoms with Crippen LogP contribution in [0.15, 0.2) is 59.9 Å². The molecule has 0 atom stereocenters. The highest BCUT2D eigenvalue weighted by Crippen LogP contribution is 2.23. The van der Waals surface area contributed by atoms with Crippen molar-refractivity contribution in [2.75, 3.05) is 6.54 Å². The Morgan fingerprint density at radius 2 is 2.00 bits per heavy atom. The maximum absolute atomic E-state index is 13.4. The van der Waals surface area contributed by atoms with E-state index in [1.54, 1.807) is 34.9 Å². The van der Waals surface area contributed by atoms with Crippen LogP contribution in [-0.4, -0.2) is 32.1 Å². The summed E-state index contributed by atoms with van der Waals surface area (Å²) in [5.41, 5.74) is 2.18. The number of nitrogens with zero attached hydrogens (tertiary/aromatic N) is 4. The van der Waals surface area contributed by atoms with Gasteiger partial charge in [-0.05, 0) is 35.9 Å². The summed E-state index contributed by atoms with van der Waals surface area (Å²) in [5, 5.41) is 9.36. The van der Waals surface area contributed by atoms with Crippen molar-refractivity contribution < 1.29 is 4.79 Å². The van der Waals surface area contributed by atoms with Gasteiger partial charge in [-0.25, -0.2) is 9.67 Å². The van der Waals surface area contributed by atoms with Crippen LogP contribution in [0.1, 0.15) is 25.8 Å². The number of carbonyl (C=O) groups is 1. The van der Waals surface area contributed by atoms with Crippen LogP contribution in [0.2, 0.25) is 0 Å². The number of hydrogen-bond acceptors (Lipinski definition) is 5. The first-order valence-electron chi connectivity index (χ1n) is 8.94. The van der Waals surface area contributed by atoms with Crippen LogP contribution in [0.25, 0.3) is 11.0 Å². The molecule has 0 fully saturated rings. The molecule has 0 unspecified atom stereocenters. The molecule has 0 aromatic carbocycles. The molecular weight excluding hydrogens is 388 g/mol. The minimum atomic E-state index is -0.0283. The average molecular weight is 409 g/mol. The highest BCUT2D eigenvalue weighted by Gasteiger charge is 2.21. The smallest absolute Gasteiger partial charge is 0.255 e. The molecule has 0 saturated carbocycles. The Morgan fingerprint density at radius 3 is 2.68 bits per heavy atom. The Hall–Kier alpha value is -2.77. The molecule has 7 heteroatoms. The average Bonchev–Trinajstić information content (AvgIpc) is 3.44. The van der Waals surface area contributed by atoms with Crippen LogP contribution < -0.4 is 0 Å². The second-order valence-electron chi connectivity index (χ2n) is 6.48. The van der Waals surface area contributed by atoms with Crippen LogP contribution in [0, 0.1) is 6.92 Å². The maximum atomic E-state index is 13.4. The molecule has 4 heterocycles. The predicted molar refractivity (Wildman–Crippen MR) is 115 cm³/mol. The minimum absolute atomic E-state index is 0.0283. The third kappa shape index (κ3) is 3.76. The van der Waals surface area contributed by atoms with Crippen LogP contribution in [0.4, 0.5) is 0 Å². The van der Waals surface area contributed by atoms with Crippen LogP contribution in [-0.2, 0) is 13.1 Å². The monoisotopic (exact) mass is 408 g/mol. The van der Waals surface area contributed by atoms with E-state index in [4.69, 9.17) is 0 Å². The first-order valence-corrected chi connectivity index (χ1v) is 10.7. The summed E-state index contributed by atoms with van der Waals surface area (Å²) in [6, 6.07) is 10.00. The third-order valence-electron chi connectivity index (χ3n) is 4.42. The van der Waals surface area contributed by atoms with Crippen molar-refractivity contribution in [1.82, 2.24) is 19.7 Å². The fourth-order valence-corrected chi connectivity index (χ4v) is 4.56. The molecule has 1 amide bonds. The van der Waals surface area contributed by atoms with Gasteiger partial charge in [0.1, 0.15) is 0 Å². The molecule has 0 bridgehead atoms. The summed E-state index contributed by atoms with van der Waals surface area (Å²) in [7, 11) is 0. The molecule has 0 aliphatic rings. The Bertz CT molecular complexity index is 1100. The summed E-state index contributed by atoms with van der Waals surface area (Å²) in [4.78, 5) is 22.2. The van der Waals surface area contributed by atoms with Crippen molar-refractivity contribution in [3.8, 4) is 0 Å². The summed E-state index contributed by atoms with van der Waals surface area (Å²) >= 11 is 3.33. The maximum Gasteiger partial charge on any atom is 0.255 e. The number of amides is 1. The van der Waals surface area contributed by atoms with Gasteiger partial charge in [-0.2, -0.15) is 5.10 Å². The van der Waals surface area contributed by atoms with Crippen molar-refractivity contribution in [1.29, 1.82) is 0 Å². The third-order valence-corrected chi connectivity index (χ3v) is 6.14. The first kappa shape index (κ1) is 18.6. The minimum Gasteiger partial charge on any atom is -0.330 e. The molecule has 4 aromatic heterocycles. The number of thiophene rings is 2. The molecule has 0 aliphatic carbocycles. The molecule has 0 saturated heterocycles. The number of aromatic nitrogens is 3. The summed E-state index contributed by atoms with van der Waals surface area (Å²) < 4.78 is 1.86. The SMILES string of the molecule is C=CCN(Cc1cccs1)C(=O)c1cc(C)nc2c1cnn2Cc1cccs1. The van der Waals surface area contributed by atoms with E-state index < -0.39 is 0 Å². The number of fused-ring (bicyclic) bond motifs is 1. The van der Waals surface area contributed by atoms with Crippen molar-refractivity contribution in [2.45, 2.75) is 20.0 Å². The van der Waals surface area contributed by atoms with E-state index >= 15 is 0 Å². The van der Waals surface area contributed by atoms with Gasteiger partial charge >= 0.3 is 0 Å². The lowest BCUT2D eigenvalue weighted by atomic mass is 10.1. The van der Waals surface area contributed by atoms with E-state index in [2.05, 4.69) is 22.7 Å². The van der Waals surface area contributed by atoms with Gasteiger partial charge in [0.05, 0.1) is 30.2 Å². The standard InChI is InChI=1S/C21H20N4OS2/c1-3-8-24(13-16-6-4-9-27-16)21(26)18-11-15(2)23-20-19(18)12-22-25(20)14-17-7-5-10-28-17/h3-7,9-12H,1,8,13-14H2,2H3. The lowest BCUT2D eigenvalue weighted by Gasteiger charge is -2.21. The summed E-state index contributed by atoms with van der Waals surface area (Å²) in [6.45, 7) is 7.43. The fraction of sp³-hybridized carbons (Fsp3) is 0.190. The topological polar surface area (TPSA) is 51.0 Å². The second-order valence-corrected chi connectivity index (χ2v) is 8.55. The van der Waals surface area contributed by atoms with Crippen molar-refractivity contribution in [3.63, 3.8) is 0 Å². The summed E-state index contributed by atoms with van der Waals surface area (Å²) in [6.07, 6.45) is 3.51. The van der Waals surface area contributed by atoms with Crippen LogP contribution in [0.5, 0.6) is 0 Å². The van der Waals surface area contributed by atoms with E-state index in [-0.39, 0.29) is 5.91 Å². The van der Waals surface area contributed by atoms with Crippen LogP contribution >= 0.6 is 22.7 Å². The van der Waals surface area contributed by atoms with Gasteiger partial charge in [0.25, 0.3) is 5.91 Å². The van der Waals surface area contributed by atoms with Gasteiger partial charge in [-0.1, -0.05) is 18.2 Å². The van der Waals surface area contributed by atoms with Gasteiger partial charge < -0.3 is 4.90 Å². The molecule has 0 aliphatic heterocycles. The van der Waals surface area contributed by atoms with E-state index in [1.807, 2.05) is 51.5 Å². The number of carbonyl (C=O) groups excluding carboxylic acids is 1. The van der Waals surface area contributed by atoms with E-state index in [0.29, 0.717) is 25.2 Å². The number of hydrogen-bond donors (Lipinski definition) is 0. The van der Waals surface area contributed by atoms with Gasteiger partial charge in [0, 0.05) is 22.0 Å². The zero-order valence-corrected chi connectivity index (χ0v) is 17.2. The Morgan fingerprint density at radius 1 is 1.25 bits per heavy atom. The molecular formula is C21H20N4OS2. The molecule has 28 heavy (non-hydrogen) atoms. The van der Waals surface area contributed by atoms with Gasteiger partial charge in [0.2, 0.25) is 0 Å². The van der Waals surface area contributed by atoms with Gasteiger partial charge in [-0.15, -0.1) is 29.3 Å². The predicted octanol–water partition coefficient (Wildman–Crippen LogP) is 4.74. The zero-order valence-electron chi connectivity index (χ0n) is 15.5. The zero-order chi connectivity index (χ0) is 19.5. The number of pyridine rings is 1. The molecule has 0 N–H and O–H groups in total. The fourth-order valence-electron chi connectivity index (χ4n) is 3.15. The number of aryl methyl sites for hydroxylation is 1. The lowest BCUT2D eigenvalue weighted by Crippen LogP contribution is -2.30. The van der Waals surface area contributed by atoms with Gasteiger partial charge in [-0.3, -0.25) is 4.79 Å². The molecule has 142 valence electrons. The lowest BCUT2D eigenvalue weighted by molar-refractivity contribution is 0.0766. The normalized spacial score (nSPS) is 11.0.